The van der Waals surface area contributed by atoms with Crippen molar-refractivity contribution in [2.75, 3.05) is 18.5 Å². The second-order valence-electron chi connectivity index (χ2n) is 9.20. The second kappa shape index (κ2) is 10.5. The maximum atomic E-state index is 13.5. The summed E-state index contributed by atoms with van der Waals surface area (Å²) in [6, 6.07) is 9.44. The van der Waals surface area contributed by atoms with Crippen LogP contribution in [0.2, 0.25) is 0 Å². The SMILES string of the molecule is NS(=O)(=O)OC[C@H]1C[C@@H](Nc2ncncc2C(=O)c2cc(C3NCCc4ccccc43)cs2)[C@H](O)[C@@H]1O. The van der Waals surface area contributed by atoms with Gasteiger partial charge in [0.05, 0.1) is 35.2 Å². The average molecular weight is 546 g/mol. The van der Waals surface area contributed by atoms with Gasteiger partial charge >= 0.3 is 10.3 Å². The minimum atomic E-state index is -4.18. The van der Waals surface area contributed by atoms with E-state index in [9.17, 15) is 23.4 Å². The molecule has 2 aliphatic rings. The van der Waals surface area contributed by atoms with E-state index in [1.807, 2.05) is 23.6 Å². The molecule has 0 spiro atoms. The highest BCUT2D eigenvalue weighted by Gasteiger charge is 2.42. The van der Waals surface area contributed by atoms with E-state index in [0.717, 1.165) is 18.5 Å². The number of aliphatic hydroxyl groups is 2. The lowest BCUT2D eigenvalue weighted by Gasteiger charge is -2.26. The molecule has 6 N–H and O–H groups in total. The Labute approximate surface area is 218 Å². The number of carbonyl (C=O) groups excluding carboxylic acids is 1. The predicted octanol–water partition coefficient (Wildman–Crippen LogP) is 0.747. The number of anilines is 1. The van der Waals surface area contributed by atoms with E-state index in [2.05, 4.69) is 36.9 Å². The number of nitrogens with zero attached hydrogens (tertiary/aromatic N) is 2. The minimum Gasteiger partial charge on any atom is -0.390 e. The molecule has 0 radical (unpaired) electrons. The van der Waals surface area contributed by atoms with Gasteiger partial charge in [0.1, 0.15) is 18.2 Å². The standard InChI is InChI=1S/C24H27N5O6S2/c25-37(33,34)35-10-14-7-18(23(32)21(14)30)29-24-17(9-26-12-28-24)22(31)19-8-15(11-36-19)20-16-4-2-1-3-13(16)5-6-27-20/h1-4,8-9,11-12,14,18,20-21,23,27,30,32H,5-7,10H2,(H2,25,33,34)(H,26,28,29)/t14-,18-,20?,21-,23+/m1/s1. The Morgan fingerprint density at radius 3 is 2.89 bits per heavy atom. The van der Waals surface area contributed by atoms with Crippen molar-refractivity contribution < 1.29 is 27.6 Å². The fourth-order valence-corrected chi connectivity index (χ4v) is 6.21. The molecule has 11 nitrogen and oxygen atoms in total. The fraction of sp³-hybridized carbons (Fsp3) is 0.375. The van der Waals surface area contributed by atoms with Crippen molar-refractivity contribution in [1.82, 2.24) is 15.3 Å². The van der Waals surface area contributed by atoms with Crippen LogP contribution in [-0.4, -0.2) is 65.8 Å². The Morgan fingerprint density at radius 2 is 2.08 bits per heavy atom. The van der Waals surface area contributed by atoms with Gasteiger partial charge in [0.2, 0.25) is 5.78 Å². The summed E-state index contributed by atoms with van der Waals surface area (Å²) in [7, 11) is -4.18. The van der Waals surface area contributed by atoms with E-state index >= 15 is 0 Å². The average Bonchev–Trinajstić information content (AvgIpc) is 3.48. The summed E-state index contributed by atoms with van der Waals surface area (Å²) < 4.78 is 26.8. The van der Waals surface area contributed by atoms with E-state index < -0.39 is 34.5 Å². The van der Waals surface area contributed by atoms with Crippen LogP contribution >= 0.6 is 11.3 Å². The van der Waals surface area contributed by atoms with Crippen molar-refractivity contribution in [3.05, 3.63) is 75.4 Å². The summed E-state index contributed by atoms with van der Waals surface area (Å²) in [4.78, 5) is 22.2. The Balaban J connectivity index is 1.33. The number of thiophene rings is 1. The molecule has 2 aromatic heterocycles. The van der Waals surface area contributed by atoms with Gasteiger partial charge in [-0.1, -0.05) is 24.3 Å². The number of aromatic nitrogens is 2. The number of rotatable bonds is 8. The molecule has 1 fully saturated rings. The smallest absolute Gasteiger partial charge is 0.333 e. The highest BCUT2D eigenvalue weighted by atomic mass is 32.2. The quantitative estimate of drug-likeness (QED) is 0.254. The van der Waals surface area contributed by atoms with Crippen LogP contribution in [0.5, 0.6) is 0 Å². The molecule has 37 heavy (non-hydrogen) atoms. The summed E-state index contributed by atoms with van der Waals surface area (Å²) in [5.41, 5.74) is 3.71. The van der Waals surface area contributed by atoms with Gasteiger partial charge in [-0.2, -0.15) is 8.42 Å². The predicted molar refractivity (Wildman–Crippen MR) is 136 cm³/mol. The number of aliphatic hydroxyl groups excluding tert-OH is 2. The maximum absolute atomic E-state index is 13.5. The molecule has 1 aliphatic heterocycles. The third-order valence-electron chi connectivity index (χ3n) is 6.81. The Hall–Kier alpha value is -2.78. The first-order valence-corrected chi connectivity index (χ1v) is 14.1. The van der Waals surface area contributed by atoms with Crippen LogP contribution in [0.25, 0.3) is 0 Å². The molecule has 0 bridgehead atoms. The van der Waals surface area contributed by atoms with Gasteiger partial charge in [-0.05, 0) is 41.0 Å². The summed E-state index contributed by atoms with van der Waals surface area (Å²) in [6.45, 7) is 0.474. The zero-order valence-corrected chi connectivity index (χ0v) is 21.3. The molecule has 196 valence electrons. The van der Waals surface area contributed by atoms with Crippen molar-refractivity contribution in [3.8, 4) is 0 Å². The summed E-state index contributed by atoms with van der Waals surface area (Å²) >= 11 is 1.33. The zero-order valence-electron chi connectivity index (χ0n) is 19.6. The molecule has 1 aliphatic carbocycles. The lowest BCUT2D eigenvalue weighted by molar-refractivity contribution is 0.00778. The first-order valence-electron chi connectivity index (χ1n) is 11.8. The lowest BCUT2D eigenvalue weighted by atomic mass is 9.91. The van der Waals surface area contributed by atoms with Gasteiger partial charge in [-0.15, -0.1) is 11.3 Å². The third-order valence-corrected chi connectivity index (χ3v) is 8.22. The van der Waals surface area contributed by atoms with Gasteiger partial charge in [0.25, 0.3) is 0 Å². The summed E-state index contributed by atoms with van der Waals surface area (Å²) in [5.74, 6) is -0.747. The Bertz CT molecular complexity index is 1400. The molecule has 1 unspecified atom stereocenters. The number of hydrogen-bond donors (Lipinski definition) is 5. The maximum Gasteiger partial charge on any atom is 0.333 e. The van der Waals surface area contributed by atoms with E-state index in [0.29, 0.717) is 4.88 Å². The first kappa shape index (κ1) is 25.9. The van der Waals surface area contributed by atoms with Crippen LogP contribution in [0, 0.1) is 5.92 Å². The number of hydrogen-bond acceptors (Lipinski definition) is 11. The summed E-state index contributed by atoms with van der Waals surface area (Å²) in [6.07, 6.45) is 1.33. The van der Waals surface area contributed by atoms with E-state index in [-0.39, 0.29) is 36.2 Å². The number of benzene rings is 1. The molecule has 5 rings (SSSR count). The van der Waals surface area contributed by atoms with Crippen molar-refractivity contribution in [2.24, 2.45) is 11.1 Å². The first-order chi connectivity index (χ1) is 17.7. The zero-order chi connectivity index (χ0) is 26.2. The van der Waals surface area contributed by atoms with Gasteiger partial charge in [-0.3, -0.25) is 8.98 Å². The summed E-state index contributed by atoms with van der Waals surface area (Å²) in [5, 5.41) is 34.2. The van der Waals surface area contributed by atoms with Gasteiger partial charge in [-0.25, -0.2) is 15.1 Å². The largest absolute Gasteiger partial charge is 0.390 e. The van der Waals surface area contributed by atoms with Crippen molar-refractivity contribution in [3.63, 3.8) is 0 Å². The molecule has 3 aromatic rings. The van der Waals surface area contributed by atoms with Crippen molar-refractivity contribution in [2.45, 2.75) is 37.1 Å². The number of carbonyl (C=O) groups is 1. The molecular formula is C24H27N5O6S2. The molecule has 0 saturated heterocycles. The number of nitrogens with one attached hydrogen (secondary N) is 2. The molecule has 0 amide bonds. The van der Waals surface area contributed by atoms with Crippen molar-refractivity contribution in [1.29, 1.82) is 0 Å². The van der Waals surface area contributed by atoms with Crippen LogP contribution < -0.4 is 15.8 Å². The Morgan fingerprint density at radius 1 is 1.27 bits per heavy atom. The normalized spacial score (nSPS) is 25.5. The molecule has 1 aromatic carbocycles. The molecule has 1 saturated carbocycles. The van der Waals surface area contributed by atoms with E-state index in [1.54, 1.807) is 0 Å². The molecular weight excluding hydrogens is 518 g/mol. The lowest BCUT2D eigenvalue weighted by Crippen LogP contribution is -2.36. The van der Waals surface area contributed by atoms with Crippen LogP contribution in [0.1, 0.15) is 44.4 Å². The number of nitrogens with two attached hydrogens (primary N) is 1. The van der Waals surface area contributed by atoms with Crippen molar-refractivity contribution >= 4 is 33.2 Å². The molecule has 13 heteroatoms. The number of fused-ring (bicyclic) bond motifs is 1. The van der Waals surface area contributed by atoms with Crippen LogP contribution in [-0.2, 0) is 20.9 Å². The third kappa shape index (κ3) is 5.57. The fourth-order valence-electron chi connectivity index (χ4n) is 4.96. The highest BCUT2D eigenvalue weighted by molar-refractivity contribution is 7.84. The Kier molecular flexibility index (Phi) is 7.36. The van der Waals surface area contributed by atoms with E-state index in [4.69, 9.17) is 5.14 Å². The number of ketones is 1. The van der Waals surface area contributed by atoms with Gasteiger partial charge in [0, 0.05) is 18.7 Å². The highest BCUT2D eigenvalue weighted by Crippen LogP contribution is 2.34. The second-order valence-corrected chi connectivity index (χ2v) is 11.3. The van der Waals surface area contributed by atoms with Crippen LogP contribution in [0.3, 0.4) is 0 Å². The minimum absolute atomic E-state index is 0.000945. The monoisotopic (exact) mass is 545 g/mol. The van der Waals surface area contributed by atoms with E-state index in [1.165, 1.54) is 35.0 Å². The van der Waals surface area contributed by atoms with Crippen LogP contribution in [0.4, 0.5) is 5.82 Å². The topological polar surface area (TPSA) is 177 Å². The molecule has 3 heterocycles. The van der Waals surface area contributed by atoms with Gasteiger partial charge < -0.3 is 20.8 Å². The molecule has 5 atom stereocenters. The van der Waals surface area contributed by atoms with Gasteiger partial charge in [0.15, 0.2) is 0 Å². The van der Waals surface area contributed by atoms with Crippen LogP contribution in [0.15, 0.2) is 48.2 Å².